The van der Waals surface area contributed by atoms with E-state index < -0.39 is 0 Å². The zero-order valence-corrected chi connectivity index (χ0v) is 16.3. The number of nitrogens with one attached hydrogen (secondary N) is 1. The number of furan rings is 1. The second kappa shape index (κ2) is 8.19. The molecule has 0 radical (unpaired) electrons. The predicted octanol–water partition coefficient (Wildman–Crippen LogP) is 4.18. The summed E-state index contributed by atoms with van der Waals surface area (Å²) in [5.74, 6) is 2.15. The zero-order chi connectivity index (χ0) is 19.5. The predicted molar refractivity (Wildman–Crippen MR) is 115 cm³/mol. The van der Waals surface area contributed by atoms with Crippen molar-refractivity contribution in [2.24, 2.45) is 0 Å². The van der Waals surface area contributed by atoms with E-state index in [0.29, 0.717) is 11.6 Å². The molecule has 0 saturated carbocycles. The molecule has 0 amide bonds. The van der Waals surface area contributed by atoms with Gasteiger partial charge in [0, 0.05) is 30.4 Å². The summed E-state index contributed by atoms with van der Waals surface area (Å²) in [6, 6.07) is 18.1. The van der Waals surface area contributed by atoms with E-state index in [-0.39, 0.29) is 0 Å². The van der Waals surface area contributed by atoms with Crippen molar-refractivity contribution < 1.29 is 9.15 Å². The molecule has 1 saturated heterocycles. The quantitative estimate of drug-likeness (QED) is 0.500. The van der Waals surface area contributed by atoms with Gasteiger partial charge in [0.15, 0.2) is 11.6 Å². The topological polar surface area (TPSA) is 63.4 Å². The number of nitrogens with zero attached hydrogens (tertiary/aromatic N) is 3. The van der Waals surface area contributed by atoms with Gasteiger partial charge in [-0.05, 0) is 37.2 Å². The molecule has 1 aliphatic heterocycles. The second-order valence-corrected chi connectivity index (χ2v) is 7.30. The largest absolute Gasteiger partial charge is 0.453 e. The molecule has 3 heterocycles. The van der Waals surface area contributed by atoms with Crippen LogP contribution in [0.2, 0.25) is 0 Å². The Morgan fingerprint density at radius 2 is 1.79 bits per heavy atom. The Balaban J connectivity index is 1.38. The lowest BCUT2D eigenvalue weighted by Crippen LogP contribution is -2.37. The highest BCUT2D eigenvalue weighted by Gasteiger charge is 2.14. The first-order chi connectivity index (χ1) is 14.4. The molecule has 148 valence electrons. The highest BCUT2D eigenvalue weighted by Crippen LogP contribution is 2.29. The van der Waals surface area contributed by atoms with Gasteiger partial charge in [0.05, 0.1) is 18.7 Å². The van der Waals surface area contributed by atoms with E-state index in [4.69, 9.17) is 19.1 Å². The monoisotopic (exact) mass is 388 g/mol. The molecule has 2 aromatic heterocycles. The maximum atomic E-state index is 5.99. The van der Waals surface area contributed by atoms with Gasteiger partial charge in [0.25, 0.3) is 0 Å². The van der Waals surface area contributed by atoms with Crippen LogP contribution in [0.15, 0.2) is 59.0 Å². The number of ether oxygens (including phenoxy) is 1. The van der Waals surface area contributed by atoms with E-state index in [0.717, 1.165) is 73.5 Å². The average molecular weight is 388 g/mol. The number of fused-ring (bicyclic) bond motifs is 2. The second-order valence-electron chi connectivity index (χ2n) is 7.30. The van der Waals surface area contributed by atoms with Crippen molar-refractivity contribution in [3.63, 3.8) is 0 Å². The van der Waals surface area contributed by atoms with Gasteiger partial charge >= 0.3 is 0 Å². The Hall–Kier alpha value is -2.96. The SMILES string of the molecule is c1ccc2oc(-c3nc(NCCCN4CCOCC4)c4ccccc4n3)cc2c1. The molecule has 5 rings (SSSR count). The fourth-order valence-corrected chi connectivity index (χ4v) is 3.75. The number of hydrogen-bond donors (Lipinski definition) is 1. The van der Waals surface area contributed by atoms with Crippen molar-refractivity contribution in [1.29, 1.82) is 0 Å². The molecule has 6 heteroatoms. The first-order valence-corrected chi connectivity index (χ1v) is 10.2. The van der Waals surface area contributed by atoms with Crippen molar-refractivity contribution >= 4 is 27.7 Å². The fourth-order valence-electron chi connectivity index (χ4n) is 3.75. The van der Waals surface area contributed by atoms with Gasteiger partial charge in [0.1, 0.15) is 11.4 Å². The van der Waals surface area contributed by atoms with Gasteiger partial charge in [-0.2, -0.15) is 0 Å². The van der Waals surface area contributed by atoms with Crippen LogP contribution in [0.1, 0.15) is 6.42 Å². The Morgan fingerprint density at radius 1 is 0.966 bits per heavy atom. The number of hydrogen-bond acceptors (Lipinski definition) is 6. The third-order valence-electron chi connectivity index (χ3n) is 5.30. The molecule has 2 aromatic carbocycles. The van der Waals surface area contributed by atoms with Crippen LogP contribution < -0.4 is 5.32 Å². The summed E-state index contributed by atoms with van der Waals surface area (Å²) in [6.45, 7) is 5.64. The van der Waals surface area contributed by atoms with Crippen molar-refractivity contribution in [3.05, 3.63) is 54.6 Å². The minimum atomic E-state index is 0.607. The smallest absolute Gasteiger partial charge is 0.198 e. The highest BCUT2D eigenvalue weighted by molar-refractivity contribution is 5.91. The van der Waals surface area contributed by atoms with E-state index in [1.807, 2.05) is 48.5 Å². The van der Waals surface area contributed by atoms with Crippen LogP contribution in [0.3, 0.4) is 0 Å². The van der Waals surface area contributed by atoms with E-state index in [1.54, 1.807) is 0 Å². The molecule has 4 aromatic rings. The summed E-state index contributed by atoms with van der Waals surface area (Å²) in [5.41, 5.74) is 1.76. The number of benzene rings is 2. The van der Waals surface area contributed by atoms with E-state index in [2.05, 4.69) is 16.3 Å². The lowest BCUT2D eigenvalue weighted by molar-refractivity contribution is 0.0378. The Labute approximate surface area is 169 Å². The van der Waals surface area contributed by atoms with Crippen LogP contribution >= 0.6 is 0 Å². The normalized spacial score (nSPS) is 15.2. The van der Waals surface area contributed by atoms with Crippen LogP contribution in [0.25, 0.3) is 33.5 Å². The molecule has 29 heavy (non-hydrogen) atoms. The first-order valence-electron chi connectivity index (χ1n) is 10.2. The van der Waals surface area contributed by atoms with Gasteiger partial charge in [-0.3, -0.25) is 4.90 Å². The maximum Gasteiger partial charge on any atom is 0.198 e. The lowest BCUT2D eigenvalue weighted by atomic mass is 10.2. The van der Waals surface area contributed by atoms with Crippen LogP contribution in [0.4, 0.5) is 5.82 Å². The molecular weight excluding hydrogens is 364 g/mol. The lowest BCUT2D eigenvalue weighted by Gasteiger charge is -2.26. The van der Waals surface area contributed by atoms with Gasteiger partial charge in [0.2, 0.25) is 0 Å². The number of morpholine rings is 1. The van der Waals surface area contributed by atoms with E-state index in [9.17, 15) is 0 Å². The summed E-state index contributed by atoms with van der Waals surface area (Å²) in [4.78, 5) is 12.0. The maximum absolute atomic E-state index is 5.99. The van der Waals surface area contributed by atoms with E-state index in [1.165, 1.54) is 0 Å². The molecular formula is C23H24N4O2. The standard InChI is InChI=1S/C23H24N4O2/c1-4-9-20-17(6-1)16-21(29-20)23-25-19-8-3-2-7-18(19)22(26-23)24-10-5-11-27-12-14-28-15-13-27/h1-4,6-9,16H,5,10-15H2,(H,24,25,26). The van der Waals surface area contributed by atoms with Gasteiger partial charge in [-0.25, -0.2) is 9.97 Å². The minimum Gasteiger partial charge on any atom is -0.453 e. The van der Waals surface area contributed by atoms with Crippen molar-refractivity contribution in [3.8, 4) is 11.6 Å². The summed E-state index contributed by atoms with van der Waals surface area (Å²) in [6.07, 6.45) is 1.05. The highest BCUT2D eigenvalue weighted by atomic mass is 16.5. The number of para-hydroxylation sites is 2. The fraction of sp³-hybridized carbons (Fsp3) is 0.304. The number of aromatic nitrogens is 2. The third kappa shape index (κ3) is 3.95. The van der Waals surface area contributed by atoms with Crippen LogP contribution in [-0.4, -0.2) is 54.3 Å². The molecule has 1 fully saturated rings. The number of rotatable bonds is 6. The van der Waals surface area contributed by atoms with Gasteiger partial charge < -0.3 is 14.5 Å². The summed E-state index contributed by atoms with van der Waals surface area (Å²) >= 11 is 0. The summed E-state index contributed by atoms with van der Waals surface area (Å²) in [5, 5.41) is 5.60. The Bertz CT molecular complexity index is 1090. The van der Waals surface area contributed by atoms with Crippen molar-refractivity contribution in [2.75, 3.05) is 44.7 Å². The Kier molecular flexibility index (Phi) is 5.11. The minimum absolute atomic E-state index is 0.607. The molecule has 1 N–H and O–H groups in total. The molecule has 0 atom stereocenters. The molecule has 1 aliphatic rings. The van der Waals surface area contributed by atoms with E-state index >= 15 is 0 Å². The average Bonchev–Trinajstić information content (AvgIpc) is 3.21. The van der Waals surface area contributed by atoms with Crippen LogP contribution in [0, 0.1) is 0 Å². The first kappa shape index (κ1) is 18.1. The van der Waals surface area contributed by atoms with Crippen molar-refractivity contribution in [2.45, 2.75) is 6.42 Å². The third-order valence-corrected chi connectivity index (χ3v) is 5.30. The number of anilines is 1. The molecule has 0 unspecified atom stereocenters. The van der Waals surface area contributed by atoms with Gasteiger partial charge in [-0.15, -0.1) is 0 Å². The molecule has 0 bridgehead atoms. The van der Waals surface area contributed by atoms with Crippen LogP contribution in [0.5, 0.6) is 0 Å². The zero-order valence-electron chi connectivity index (χ0n) is 16.3. The van der Waals surface area contributed by atoms with Crippen molar-refractivity contribution in [1.82, 2.24) is 14.9 Å². The Morgan fingerprint density at radius 3 is 2.69 bits per heavy atom. The molecule has 6 nitrogen and oxygen atoms in total. The van der Waals surface area contributed by atoms with Crippen LogP contribution in [-0.2, 0) is 4.74 Å². The van der Waals surface area contributed by atoms with Gasteiger partial charge in [-0.1, -0.05) is 30.3 Å². The summed E-state index contributed by atoms with van der Waals surface area (Å²) in [7, 11) is 0. The molecule has 0 aliphatic carbocycles. The summed E-state index contributed by atoms with van der Waals surface area (Å²) < 4.78 is 11.4. The molecule has 0 spiro atoms.